The molecule has 30 heavy (non-hydrogen) atoms. The number of amides is 1. The normalized spacial score (nSPS) is 10.4. The molecule has 0 radical (unpaired) electrons. The molecule has 0 bridgehead atoms. The second-order valence-electron chi connectivity index (χ2n) is 6.48. The van der Waals surface area contributed by atoms with E-state index in [0.29, 0.717) is 29.0 Å². The number of hydrogen-bond acceptors (Lipinski definition) is 7. The number of nitrogens with one attached hydrogen (secondary N) is 3. The van der Waals surface area contributed by atoms with Crippen LogP contribution in [0.1, 0.15) is 5.82 Å². The highest BCUT2D eigenvalue weighted by Crippen LogP contribution is 2.21. The van der Waals surface area contributed by atoms with E-state index in [0.717, 1.165) is 5.69 Å². The first-order valence-electron chi connectivity index (χ1n) is 9.32. The van der Waals surface area contributed by atoms with Crippen LogP contribution >= 0.6 is 0 Å². The van der Waals surface area contributed by atoms with E-state index in [1.807, 2.05) is 49.4 Å². The van der Waals surface area contributed by atoms with Crippen LogP contribution < -0.4 is 16.0 Å². The van der Waals surface area contributed by atoms with Gasteiger partial charge < -0.3 is 16.0 Å². The highest BCUT2D eigenvalue weighted by molar-refractivity contribution is 5.90. The zero-order valence-corrected chi connectivity index (χ0v) is 16.3. The molecule has 3 N–H and O–H groups in total. The molecule has 3 heterocycles. The summed E-state index contributed by atoms with van der Waals surface area (Å²) in [4.78, 5) is 25.1. The predicted octanol–water partition coefficient (Wildman–Crippen LogP) is 3.50. The molecule has 0 fully saturated rings. The largest absolute Gasteiger partial charge is 0.340 e. The molecule has 0 aliphatic heterocycles. The minimum absolute atomic E-state index is 0.143. The maximum absolute atomic E-state index is 12.1. The van der Waals surface area contributed by atoms with Crippen molar-refractivity contribution in [3.8, 4) is 0 Å². The first-order chi connectivity index (χ1) is 14.6. The van der Waals surface area contributed by atoms with Crippen molar-refractivity contribution in [3.05, 3.63) is 79.0 Å². The first-order valence-corrected chi connectivity index (χ1v) is 9.32. The second-order valence-corrected chi connectivity index (χ2v) is 6.48. The van der Waals surface area contributed by atoms with Crippen molar-refractivity contribution in [2.45, 2.75) is 13.5 Å². The number of aryl methyl sites for hydroxylation is 1. The van der Waals surface area contributed by atoms with Crippen molar-refractivity contribution in [2.75, 3.05) is 16.0 Å². The molecule has 9 heteroatoms. The fraction of sp³-hybridized carbons (Fsp3) is 0.0952. The van der Waals surface area contributed by atoms with Crippen LogP contribution in [0.25, 0.3) is 0 Å². The molecule has 0 unspecified atom stereocenters. The Morgan fingerprint density at radius 3 is 2.37 bits per heavy atom. The molecule has 3 aromatic heterocycles. The van der Waals surface area contributed by atoms with Crippen LogP contribution in [0.2, 0.25) is 0 Å². The first kappa shape index (κ1) is 19.1. The van der Waals surface area contributed by atoms with Crippen molar-refractivity contribution >= 4 is 34.7 Å². The van der Waals surface area contributed by atoms with Gasteiger partial charge in [-0.15, -0.1) is 0 Å². The fourth-order valence-corrected chi connectivity index (χ4v) is 2.79. The van der Waals surface area contributed by atoms with Crippen LogP contribution in [0.5, 0.6) is 0 Å². The van der Waals surface area contributed by atoms with Crippen LogP contribution in [0.15, 0.2) is 73.2 Å². The Hall–Kier alpha value is -4.27. The Morgan fingerprint density at radius 2 is 1.67 bits per heavy atom. The van der Waals surface area contributed by atoms with Gasteiger partial charge in [0.25, 0.3) is 0 Å². The Labute approximate surface area is 173 Å². The zero-order chi connectivity index (χ0) is 20.8. The lowest BCUT2D eigenvalue weighted by Crippen LogP contribution is -2.18. The van der Waals surface area contributed by atoms with Gasteiger partial charge in [-0.1, -0.05) is 6.07 Å². The topological polar surface area (TPSA) is 110 Å². The summed E-state index contributed by atoms with van der Waals surface area (Å²) in [6.07, 6.45) is 5.10. The van der Waals surface area contributed by atoms with E-state index in [4.69, 9.17) is 0 Å². The summed E-state index contributed by atoms with van der Waals surface area (Å²) >= 11 is 0. The van der Waals surface area contributed by atoms with E-state index >= 15 is 0 Å². The molecule has 9 nitrogen and oxygen atoms in total. The molecule has 4 rings (SSSR count). The molecule has 4 aromatic rings. The lowest BCUT2D eigenvalue weighted by atomic mass is 10.2. The van der Waals surface area contributed by atoms with Crippen molar-refractivity contribution < 1.29 is 4.79 Å². The Bertz CT molecular complexity index is 1110. The van der Waals surface area contributed by atoms with E-state index in [-0.39, 0.29) is 12.5 Å². The monoisotopic (exact) mass is 400 g/mol. The second kappa shape index (κ2) is 8.82. The highest BCUT2D eigenvalue weighted by atomic mass is 16.2. The molecule has 1 amide bonds. The van der Waals surface area contributed by atoms with Gasteiger partial charge in [0.2, 0.25) is 5.91 Å². The van der Waals surface area contributed by atoms with Crippen molar-refractivity contribution in [3.63, 3.8) is 0 Å². The molecule has 150 valence electrons. The number of carbonyl (C=O) groups excluding carboxylic acids is 1. The van der Waals surface area contributed by atoms with Crippen LogP contribution in [0.3, 0.4) is 0 Å². The van der Waals surface area contributed by atoms with Gasteiger partial charge in [0.15, 0.2) is 0 Å². The van der Waals surface area contributed by atoms with Crippen LogP contribution in [-0.4, -0.2) is 30.6 Å². The third-order valence-electron chi connectivity index (χ3n) is 4.06. The molecule has 0 spiro atoms. The quantitative estimate of drug-likeness (QED) is 0.435. The number of anilines is 5. The van der Waals surface area contributed by atoms with E-state index in [2.05, 4.69) is 36.0 Å². The zero-order valence-electron chi connectivity index (χ0n) is 16.3. The minimum atomic E-state index is -0.143. The smallest absolute Gasteiger partial charge is 0.246 e. The minimum Gasteiger partial charge on any atom is -0.340 e. The molecular weight excluding hydrogens is 380 g/mol. The number of hydrogen-bond donors (Lipinski definition) is 3. The highest BCUT2D eigenvalue weighted by Gasteiger charge is 2.06. The lowest BCUT2D eigenvalue weighted by molar-refractivity contribution is -0.116. The average Bonchev–Trinajstić information content (AvgIpc) is 3.23. The van der Waals surface area contributed by atoms with Gasteiger partial charge in [-0.05, 0) is 49.4 Å². The summed E-state index contributed by atoms with van der Waals surface area (Å²) < 4.78 is 1.57. The summed E-state index contributed by atoms with van der Waals surface area (Å²) in [5.74, 6) is 2.48. The maximum atomic E-state index is 12.1. The summed E-state index contributed by atoms with van der Waals surface area (Å²) in [5.41, 5.74) is 1.54. The van der Waals surface area contributed by atoms with Crippen LogP contribution in [0.4, 0.5) is 28.8 Å². The van der Waals surface area contributed by atoms with Crippen molar-refractivity contribution in [1.29, 1.82) is 0 Å². The Morgan fingerprint density at radius 1 is 0.900 bits per heavy atom. The number of benzene rings is 1. The molecule has 0 aliphatic carbocycles. The van der Waals surface area contributed by atoms with Gasteiger partial charge in [-0.2, -0.15) is 5.10 Å². The SMILES string of the molecule is Cc1nc(Nc2ccc(NC(=O)Cn3cccn3)cc2)cc(Nc2ccccn2)n1. The fourth-order valence-electron chi connectivity index (χ4n) is 2.79. The van der Waals surface area contributed by atoms with Gasteiger partial charge in [-0.25, -0.2) is 15.0 Å². The lowest BCUT2D eigenvalue weighted by Gasteiger charge is -2.11. The number of pyridine rings is 1. The van der Waals surface area contributed by atoms with Gasteiger partial charge >= 0.3 is 0 Å². The Balaban J connectivity index is 1.40. The average molecular weight is 400 g/mol. The molecular formula is C21H20N8O. The van der Waals surface area contributed by atoms with Crippen LogP contribution in [-0.2, 0) is 11.3 Å². The van der Waals surface area contributed by atoms with Crippen molar-refractivity contribution in [2.24, 2.45) is 0 Å². The van der Waals surface area contributed by atoms with E-state index in [1.165, 1.54) is 0 Å². The number of nitrogens with zero attached hydrogens (tertiary/aromatic N) is 5. The molecule has 0 saturated heterocycles. The Kier molecular flexibility index (Phi) is 5.61. The maximum Gasteiger partial charge on any atom is 0.246 e. The molecule has 0 saturated carbocycles. The van der Waals surface area contributed by atoms with E-state index in [1.54, 1.807) is 35.4 Å². The summed E-state index contributed by atoms with van der Waals surface area (Å²) in [6.45, 7) is 1.99. The summed E-state index contributed by atoms with van der Waals surface area (Å²) in [5, 5.41) is 13.3. The number of rotatable bonds is 7. The van der Waals surface area contributed by atoms with Gasteiger partial charge in [0, 0.05) is 36.0 Å². The third kappa shape index (κ3) is 5.16. The van der Waals surface area contributed by atoms with E-state index in [9.17, 15) is 4.79 Å². The third-order valence-corrected chi connectivity index (χ3v) is 4.06. The van der Waals surface area contributed by atoms with Crippen molar-refractivity contribution in [1.82, 2.24) is 24.7 Å². The molecule has 0 aliphatic rings. The van der Waals surface area contributed by atoms with Gasteiger partial charge in [0.1, 0.15) is 29.8 Å². The number of aromatic nitrogens is 5. The molecule has 0 atom stereocenters. The van der Waals surface area contributed by atoms with Gasteiger partial charge in [-0.3, -0.25) is 9.48 Å². The van der Waals surface area contributed by atoms with Crippen LogP contribution in [0, 0.1) is 6.92 Å². The van der Waals surface area contributed by atoms with E-state index < -0.39 is 0 Å². The predicted molar refractivity (Wildman–Crippen MR) is 115 cm³/mol. The summed E-state index contributed by atoms with van der Waals surface area (Å²) in [7, 11) is 0. The summed E-state index contributed by atoms with van der Waals surface area (Å²) in [6, 6.07) is 16.6. The van der Waals surface area contributed by atoms with Gasteiger partial charge in [0.05, 0.1) is 0 Å². The molecule has 1 aromatic carbocycles. The standard InChI is InChI=1S/C21H20N8O/c1-15-24-19(13-20(25-15)28-18-5-2-3-10-22-18)26-16-6-8-17(9-7-16)27-21(30)14-29-12-4-11-23-29/h2-13H,14H2,1H3,(H,27,30)(H2,22,24,25,26,28). The number of carbonyl (C=O) groups is 1.